The van der Waals surface area contributed by atoms with Gasteiger partial charge in [-0.05, 0) is 24.3 Å². The van der Waals surface area contributed by atoms with Crippen molar-refractivity contribution in [3.63, 3.8) is 0 Å². The topological polar surface area (TPSA) is 57.1 Å². The van der Waals surface area contributed by atoms with Crippen LogP contribution in [0.1, 0.15) is 5.56 Å². The Morgan fingerprint density at radius 2 is 1.70 bits per heavy atom. The van der Waals surface area contributed by atoms with Crippen molar-refractivity contribution in [3.05, 3.63) is 66.2 Å². The van der Waals surface area contributed by atoms with Crippen LogP contribution in [0.4, 0.5) is 14.5 Å². The summed E-state index contributed by atoms with van der Waals surface area (Å²) in [5, 5.41) is 1.41. The Morgan fingerprint density at radius 1 is 1.00 bits per heavy atom. The first kappa shape index (κ1) is 19.1. The fraction of sp³-hybridized carbons (Fsp3) is 0.105. The molecule has 0 aliphatic heterocycles. The molecule has 0 N–H and O–H groups in total. The number of nitrogens with zero attached hydrogens (tertiary/aromatic N) is 1. The minimum atomic E-state index is -2.92. The van der Waals surface area contributed by atoms with E-state index in [9.17, 15) is 13.0 Å². The molecule has 0 spiro atoms. The van der Waals surface area contributed by atoms with E-state index in [0.717, 1.165) is 5.39 Å². The van der Waals surface area contributed by atoms with Crippen LogP contribution in [0.3, 0.4) is 0 Å². The molecule has 3 aromatic carbocycles. The van der Waals surface area contributed by atoms with E-state index in [4.69, 9.17) is 4.33 Å². The first-order chi connectivity index (χ1) is 13.1. The van der Waals surface area contributed by atoms with Crippen molar-refractivity contribution in [1.29, 1.82) is 0 Å². The van der Waals surface area contributed by atoms with Crippen LogP contribution in [-0.2, 0) is 20.3 Å². The number of ether oxygens (including phenoxy) is 1. The van der Waals surface area contributed by atoms with Gasteiger partial charge in [-0.1, -0.05) is 36.4 Å². The fourth-order valence-corrected chi connectivity index (χ4v) is 3.28. The van der Waals surface area contributed by atoms with E-state index in [0.29, 0.717) is 21.5 Å². The summed E-state index contributed by atoms with van der Waals surface area (Å²) in [6.45, 7) is -2.92. The second-order valence-corrected chi connectivity index (χ2v) is 6.32. The van der Waals surface area contributed by atoms with Gasteiger partial charge in [-0.15, -0.1) is 4.33 Å². The van der Waals surface area contributed by atoms with Crippen LogP contribution in [0, 0.1) is 0 Å². The summed E-state index contributed by atoms with van der Waals surface area (Å²) in [6.07, 6.45) is 1.45. The summed E-state index contributed by atoms with van der Waals surface area (Å²) in [5.41, 5.74) is 0.993. The second-order valence-electron chi connectivity index (χ2n) is 5.27. The van der Waals surface area contributed by atoms with E-state index < -0.39 is 17.7 Å². The van der Waals surface area contributed by atoms with Gasteiger partial charge < -0.3 is 4.74 Å². The van der Waals surface area contributed by atoms with Gasteiger partial charge in [0.25, 0.3) is 0 Å². The van der Waals surface area contributed by atoms with Crippen LogP contribution in [0.2, 0.25) is 0 Å². The molecule has 0 heterocycles. The molecule has 0 fully saturated rings. The number of hydrogen-bond acceptors (Lipinski definition) is 5. The number of hydrogen-bond donors (Lipinski definition) is 0. The van der Waals surface area contributed by atoms with Crippen molar-refractivity contribution >= 4 is 33.8 Å². The lowest BCUT2D eigenvalue weighted by molar-refractivity contribution is -0.166. The van der Waals surface area contributed by atoms with Gasteiger partial charge in [-0.2, -0.15) is 8.78 Å². The summed E-state index contributed by atoms with van der Waals surface area (Å²) in [6, 6.07) is 16.9. The lowest BCUT2D eigenvalue weighted by Crippen LogP contribution is -2.04. The molecule has 1 atom stereocenters. The Hall–Kier alpha value is -2.68. The lowest BCUT2D eigenvalue weighted by atomic mass is 10.1. The number of halogens is 2. The molecule has 0 amide bonds. The van der Waals surface area contributed by atoms with E-state index in [1.165, 1.54) is 19.4 Å². The van der Waals surface area contributed by atoms with Crippen molar-refractivity contribution in [1.82, 2.24) is 0 Å². The van der Waals surface area contributed by atoms with Crippen molar-refractivity contribution in [2.45, 2.75) is 11.5 Å². The van der Waals surface area contributed by atoms with Gasteiger partial charge in [0.05, 0.1) is 17.7 Å². The summed E-state index contributed by atoms with van der Waals surface area (Å²) in [4.78, 5) is 9.32. The molecule has 3 aromatic rings. The molecule has 0 aliphatic rings. The second kappa shape index (κ2) is 8.81. The van der Waals surface area contributed by atoms with E-state index in [2.05, 4.69) is 14.6 Å². The lowest BCUT2D eigenvalue weighted by Gasteiger charge is -2.09. The number of rotatable bonds is 7. The highest BCUT2D eigenvalue weighted by Gasteiger charge is 2.12. The number of para-hydroxylation sites is 1. The molecule has 27 heavy (non-hydrogen) atoms. The normalized spacial score (nSPS) is 12.7. The van der Waals surface area contributed by atoms with Gasteiger partial charge in [0, 0.05) is 22.6 Å². The van der Waals surface area contributed by atoms with E-state index in [-0.39, 0.29) is 5.75 Å². The van der Waals surface area contributed by atoms with Gasteiger partial charge in [-0.3, -0.25) is 4.99 Å². The van der Waals surface area contributed by atoms with Crippen molar-refractivity contribution < 1.29 is 26.9 Å². The Balaban J connectivity index is 2.01. The van der Waals surface area contributed by atoms with E-state index in [1.807, 2.05) is 12.1 Å². The van der Waals surface area contributed by atoms with Crippen molar-refractivity contribution in [2.24, 2.45) is 4.99 Å². The molecule has 0 radical (unpaired) electrons. The number of aliphatic imine (C=N–C) groups is 1. The highest BCUT2D eigenvalue weighted by atomic mass is 32.2. The Kier molecular flexibility index (Phi) is 6.23. The molecule has 8 heteroatoms. The highest BCUT2D eigenvalue weighted by molar-refractivity contribution is 7.80. The van der Waals surface area contributed by atoms with E-state index in [1.54, 1.807) is 42.5 Å². The van der Waals surface area contributed by atoms with Crippen LogP contribution >= 0.6 is 0 Å². The van der Waals surface area contributed by atoms with Gasteiger partial charge >= 0.3 is 6.61 Å². The predicted octanol–water partition coefficient (Wildman–Crippen LogP) is 4.79. The van der Waals surface area contributed by atoms with Gasteiger partial charge in [0.15, 0.2) is 0 Å². The molecule has 0 bridgehead atoms. The Morgan fingerprint density at radius 3 is 2.44 bits per heavy atom. The third kappa shape index (κ3) is 4.54. The van der Waals surface area contributed by atoms with E-state index >= 15 is 0 Å². The quantitative estimate of drug-likeness (QED) is 0.330. The average molecular weight is 391 g/mol. The maximum Gasteiger partial charge on any atom is 0.387 e. The van der Waals surface area contributed by atoms with Gasteiger partial charge in [0.2, 0.25) is 11.1 Å². The summed E-state index contributed by atoms with van der Waals surface area (Å²) in [5.74, 6) is 0.0340. The standard InChI is InChI=1S/C19H15F2NO4S/c1-24-26-27(23)18-11-10-16(14-7-3-4-8-15(14)18)22-12-13-6-2-5-9-17(13)25-19(20)21/h2-12,19H,1H3. The van der Waals surface area contributed by atoms with Crippen molar-refractivity contribution in [3.8, 4) is 5.75 Å². The molecule has 5 nitrogen and oxygen atoms in total. The van der Waals surface area contributed by atoms with Crippen LogP contribution in [0.5, 0.6) is 5.75 Å². The predicted molar refractivity (Wildman–Crippen MR) is 98.8 cm³/mol. The summed E-state index contributed by atoms with van der Waals surface area (Å²) < 4.78 is 46.4. The first-order valence-electron chi connectivity index (χ1n) is 7.82. The largest absolute Gasteiger partial charge is 0.434 e. The van der Waals surface area contributed by atoms with Crippen LogP contribution < -0.4 is 4.74 Å². The van der Waals surface area contributed by atoms with Crippen molar-refractivity contribution in [2.75, 3.05) is 7.11 Å². The minimum absolute atomic E-state index is 0.0340. The third-order valence-electron chi connectivity index (χ3n) is 3.65. The highest BCUT2D eigenvalue weighted by Crippen LogP contribution is 2.31. The first-order valence-corrected chi connectivity index (χ1v) is 8.90. The monoisotopic (exact) mass is 391 g/mol. The molecule has 0 saturated heterocycles. The smallest absolute Gasteiger partial charge is 0.387 e. The SMILES string of the molecule is COOS(=O)c1ccc(N=Cc2ccccc2OC(F)F)c2ccccc12. The number of fused-ring (bicyclic) bond motifs is 1. The molecule has 1 unspecified atom stereocenters. The average Bonchev–Trinajstić information content (AvgIpc) is 2.66. The molecule has 3 rings (SSSR count). The molecule has 0 saturated carbocycles. The van der Waals surface area contributed by atoms with Crippen LogP contribution in [-0.4, -0.2) is 24.1 Å². The van der Waals surface area contributed by atoms with Crippen LogP contribution in [0.25, 0.3) is 10.8 Å². The zero-order valence-electron chi connectivity index (χ0n) is 14.2. The fourth-order valence-electron chi connectivity index (χ4n) is 2.54. The van der Waals surface area contributed by atoms with Gasteiger partial charge in [-0.25, -0.2) is 9.10 Å². The molecule has 0 aromatic heterocycles. The van der Waals surface area contributed by atoms with Crippen LogP contribution in [0.15, 0.2) is 70.6 Å². The zero-order valence-corrected chi connectivity index (χ0v) is 15.0. The third-order valence-corrected chi connectivity index (χ3v) is 4.62. The molecular formula is C19H15F2NO4S. The van der Waals surface area contributed by atoms with Gasteiger partial charge in [0.1, 0.15) is 5.75 Å². The Labute approximate surface area is 156 Å². The molecule has 140 valence electrons. The summed E-state index contributed by atoms with van der Waals surface area (Å²) >= 11 is -1.79. The maximum absolute atomic E-state index is 12.5. The minimum Gasteiger partial charge on any atom is -0.434 e. The number of alkyl halides is 2. The zero-order chi connectivity index (χ0) is 19.2. The molecule has 0 aliphatic carbocycles. The Bertz CT molecular complexity index is 994. The molecular weight excluding hydrogens is 376 g/mol. The summed E-state index contributed by atoms with van der Waals surface area (Å²) in [7, 11) is 1.28. The number of benzene rings is 3. The maximum atomic E-state index is 12.5.